The summed E-state index contributed by atoms with van der Waals surface area (Å²) in [5.41, 5.74) is 1.84. The Hall–Kier alpha value is -2.56. The van der Waals surface area contributed by atoms with Crippen molar-refractivity contribution in [2.45, 2.75) is 32.0 Å². The molecular formula is C19H21N3O2. The summed E-state index contributed by atoms with van der Waals surface area (Å²) < 4.78 is 2.05. The predicted octanol–water partition coefficient (Wildman–Crippen LogP) is 2.31. The van der Waals surface area contributed by atoms with Gasteiger partial charge >= 0.3 is 0 Å². The number of hydrogen-bond donors (Lipinski definition) is 0. The summed E-state index contributed by atoms with van der Waals surface area (Å²) in [6, 6.07) is 14.0. The molecule has 2 aromatic rings. The summed E-state index contributed by atoms with van der Waals surface area (Å²) in [4.78, 5) is 29.0. The first-order valence-corrected chi connectivity index (χ1v) is 8.48. The van der Waals surface area contributed by atoms with Gasteiger partial charge in [-0.05, 0) is 17.7 Å². The van der Waals surface area contributed by atoms with E-state index in [4.69, 9.17) is 0 Å². The molecule has 1 saturated heterocycles. The molecule has 3 heterocycles. The molecule has 0 saturated carbocycles. The molecule has 0 spiro atoms. The molecule has 0 unspecified atom stereocenters. The number of rotatable bonds is 3. The van der Waals surface area contributed by atoms with Crippen LogP contribution in [0.3, 0.4) is 0 Å². The maximum absolute atomic E-state index is 13.0. The van der Waals surface area contributed by atoms with Crippen LogP contribution in [0, 0.1) is 0 Å². The Morgan fingerprint density at radius 2 is 1.83 bits per heavy atom. The van der Waals surface area contributed by atoms with Crippen LogP contribution in [0.5, 0.6) is 0 Å². The summed E-state index contributed by atoms with van der Waals surface area (Å²) in [5, 5.41) is 0. The van der Waals surface area contributed by atoms with Crippen LogP contribution >= 0.6 is 0 Å². The van der Waals surface area contributed by atoms with Crippen molar-refractivity contribution in [1.29, 1.82) is 0 Å². The molecule has 2 atom stereocenters. The number of amides is 2. The number of likely N-dealkylation sites (tertiary alicyclic amines) is 1. The van der Waals surface area contributed by atoms with Crippen molar-refractivity contribution in [1.82, 2.24) is 14.4 Å². The summed E-state index contributed by atoms with van der Waals surface area (Å²) >= 11 is 0. The van der Waals surface area contributed by atoms with Gasteiger partial charge in [0, 0.05) is 32.3 Å². The molecule has 0 aliphatic carbocycles. The highest BCUT2D eigenvalue weighted by Gasteiger charge is 2.45. The van der Waals surface area contributed by atoms with E-state index in [9.17, 15) is 9.59 Å². The van der Waals surface area contributed by atoms with Gasteiger partial charge in [0.2, 0.25) is 5.91 Å². The lowest BCUT2D eigenvalue weighted by Crippen LogP contribution is -2.49. The zero-order valence-electron chi connectivity index (χ0n) is 13.8. The van der Waals surface area contributed by atoms with Gasteiger partial charge in [0.25, 0.3) is 5.91 Å². The van der Waals surface area contributed by atoms with Gasteiger partial charge in [0.05, 0.1) is 12.1 Å². The SMILES string of the molecule is CCC(=O)N1C[C@@H]2[C@H](C1)n1cccc1C(=O)N2Cc1ccccc1. The maximum Gasteiger partial charge on any atom is 0.271 e. The quantitative estimate of drug-likeness (QED) is 0.870. The van der Waals surface area contributed by atoms with Crippen LogP contribution in [0.2, 0.25) is 0 Å². The van der Waals surface area contributed by atoms with Gasteiger partial charge in [0.1, 0.15) is 5.69 Å². The first-order chi connectivity index (χ1) is 11.7. The number of carbonyl (C=O) groups is 2. The molecule has 2 aliphatic rings. The minimum atomic E-state index is 0.0353. The van der Waals surface area contributed by atoms with Crippen LogP contribution in [0.4, 0.5) is 0 Å². The van der Waals surface area contributed by atoms with E-state index in [1.165, 1.54) is 0 Å². The molecule has 0 radical (unpaired) electrons. The molecule has 124 valence electrons. The Morgan fingerprint density at radius 1 is 1.08 bits per heavy atom. The minimum absolute atomic E-state index is 0.0353. The van der Waals surface area contributed by atoms with Gasteiger partial charge in [-0.1, -0.05) is 37.3 Å². The second-order valence-corrected chi connectivity index (χ2v) is 6.51. The topological polar surface area (TPSA) is 45.6 Å². The summed E-state index contributed by atoms with van der Waals surface area (Å²) in [7, 11) is 0. The molecule has 2 amide bonds. The summed E-state index contributed by atoms with van der Waals surface area (Å²) in [6.45, 7) is 3.77. The molecule has 5 heteroatoms. The van der Waals surface area contributed by atoms with E-state index in [2.05, 4.69) is 4.57 Å². The van der Waals surface area contributed by atoms with Crippen LogP contribution in [0.15, 0.2) is 48.7 Å². The zero-order chi connectivity index (χ0) is 16.7. The van der Waals surface area contributed by atoms with E-state index >= 15 is 0 Å². The first-order valence-electron chi connectivity index (χ1n) is 8.48. The number of nitrogens with zero attached hydrogens (tertiary/aromatic N) is 3. The van der Waals surface area contributed by atoms with Crippen molar-refractivity contribution in [3.63, 3.8) is 0 Å². The van der Waals surface area contributed by atoms with E-state index in [0.717, 1.165) is 11.3 Å². The molecule has 4 rings (SSSR count). The van der Waals surface area contributed by atoms with Gasteiger partial charge in [-0.3, -0.25) is 9.59 Å². The van der Waals surface area contributed by atoms with Crippen molar-refractivity contribution < 1.29 is 9.59 Å². The Labute approximate surface area is 141 Å². The van der Waals surface area contributed by atoms with Crippen LogP contribution in [0.1, 0.15) is 35.4 Å². The Balaban J connectivity index is 1.69. The lowest BCUT2D eigenvalue weighted by Gasteiger charge is -2.38. The molecular weight excluding hydrogens is 302 g/mol. The largest absolute Gasteiger partial charge is 0.338 e. The van der Waals surface area contributed by atoms with E-state index < -0.39 is 0 Å². The van der Waals surface area contributed by atoms with Crippen LogP contribution in [-0.4, -0.2) is 45.3 Å². The predicted molar refractivity (Wildman–Crippen MR) is 90.4 cm³/mol. The average Bonchev–Trinajstić information content (AvgIpc) is 3.25. The van der Waals surface area contributed by atoms with Gasteiger partial charge in [-0.2, -0.15) is 0 Å². The van der Waals surface area contributed by atoms with E-state index in [-0.39, 0.29) is 23.9 Å². The van der Waals surface area contributed by atoms with Gasteiger partial charge in [0.15, 0.2) is 0 Å². The van der Waals surface area contributed by atoms with Crippen LogP contribution < -0.4 is 0 Å². The second-order valence-electron chi connectivity index (χ2n) is 6.51. The molecule has 1 aromatic heterocycles. The van der Waals surface area contributed by atoms with Crippen molar-refractivity contribution in [3.05, 3.63) is 59.9 Å². The van der Waals surface area contributed by atoms with Gasteiger partial charge < -0.3 is 14.4 Å². The molecule has 0 N–H and O–H groups in total. The van der Waals surface area contributed by atoms with E-state index in [1.54, 1.807) is 0 Å². The smallest absolute Gasteiger partial charge is 0.271 e. The van der Waals surface area contributed by atoms with Gasteiger partial charge in [-0.15, -0.1) is 0 Å². The fourth-order valence-corrected chi connectivity index (χ4v) is 3.91. The summed E-state index contributed by atoms with van der Waals surface area (Å²) in [5.74, 6) is 0.209. The van der Waals surface area contributed by atoms with Crippen molar-refractivity contribution in [2.75, 3.05) is 13.1 Å². The van der Waals surface area contributed by atoms with Crippen molar-refractivity contribution in [3.8, 4) is 0 Å². The fourth-order valence-electron chi connectivity index (χ4n) is 3.91. The van der Waals surface area contributed by atoms with E-state index in [1.807, 2.05) is 65.4 Å². The average molecular weight is 323 g/mol. The zero-order valence-corrected chi connectivity index (χ0v) is 13.8. The first kappa shape index (κ1) is 15.0. The number of aromatic nitrogens is 1. The molecule has 1 aromatic carbocycles. The maximum atomic E-state index is 13.0. The Kier molecular flexibility index (Phi) is 3.63. The monoisotopic (exact) mass is 323 g/mol. The third-order valence-electron chi connectivity index (χ3n) is 5.13. The Morgan fingerprint density at radius 3 is 2.58 bits per heavy atom. The van der Waals surface area contributed by atoms with Crippen LogP contribution in [0.25, 0.3) is 0 Å². The molecule has 5 nitrogen and oxygen atoms in total. The normalized spacial score (nSPS) is 22.5. The highest BCUT2D eigenvalue weighted by atomic mass is 16.2. The highest BCUT2D eigenvalue weighted by molar-refractivity contribution is 5.94. The third kappa shape index (κ3) is 2.31. The Bertz CT molecular complexity index is 768. The number of benzene rings is 1. The summed E-state index contributed by atoms with van der Waals surface area (Å²) in [6.07, 6.45) is 2.47. The number of fused-ring (bicyclic) bond motifs is 3. The van der Waals surface area contributed by atoms with Gasteiger partial charge in [-0.25, -0.2) is 0 Å². The molecule has 2 aliphatic heterocycles. The minimum Gasteiger partial charge on any atom is -0.338 e. The highest BCUT2D eigenvalue weighted by Crippen LogP contribution is 2.34. The third-order valence-corrected chi connectivity index (χ3v) is 5.13. The van der Waals surface area contributed by atoms with Crippen molar-refractivity contribution in [2.24, 2.45) is 0 Å². The molecule has 24 heavy (non-hydrogen) atoms. The lowest BCUT2D eigenvalue weighted by molar-refractivity contribution is -0.130. The van der Waals surface area contributed by atoms with Crippen LogP contribution in [-0.2, 0) is 11.3 Å². The fraction of sp³-hybridized carbons (Fsp3) is 0.368. The second kappa shape index (κ2) is 5.82. The van der Waals surface area contributed by atoms with E-state index in [0.29, 0.717) is 26.1 Å². The number of hydrogen-bond acceptors (Lipinski definition) is 2. The molecule has 1 fully saturated rings. The standard InChI is InChI=1S/C19H21N3O2/c1-2-18(23)20-12-16-17(13-20)22(11-14-7-4-3-5-8-14)19(24)15-9-6-10-21(15)16/h3-10,16-17H,2,11-13H2,1H3/t16-,17+/m0/s1. The molecule has 0 bridgehead atoms. The van der Waals surface area contributed by atoms with Crippen molar-refractivity contribution >= 4 is 11.8 Å². The lowest BCUT2D eigenvalue weighted by atomic mass is 10.0. The number of carbonyl (C=O) groups excluding carboxylic acids is 2.